The van der Waals surface area contributed by atoms with Crippen LogP contribution in [0.2, 0.25) is 0 Å². The molecule has 0 unspecified atom stereocenters. The van der Waals surface area contributed by atoms with Gasteiger partial charge in [0.1, 0.15) is 0 Å². The molecule has 0 saturated carbocycles. The van der Waals surface area contributed by atoms with Crippen molar-refractivity contribution in [2.45, 2.75) is 26.7 Å². The number of ether oxygens (including phenoxy) is 1. The number of nitrogens with zero attached hydrogens (tertiary/aromatic N) is 3. The van der Waals surface area contributed by atoms with Gasteiger partial charge in [0.05, 0.1) is 35.0 Å². The number of benzene rings is 1. The van der Waals surface area contributed by atoms with Crippen molar-refractivity contribution in [3.8, 4) is 0 Å². The first-order valence-electron chi connectivity index (χ1n) is 7.95. The average Bonchev–Trinajstić information content (AvgIpc) is 2.60. The van der Waals surface area contributed by atoms with Gasteiger partial charge in [-0.2, -0.15) is 0 Å². The number of nitro benzene ring substituents is 2. The third kappa shape index (κ3) is 6.11. The first-order chi connectivity index (χ1) is 12.1. The van der Waals surface area contributed by atoms with E-state index in [1.54, 1.807) is 0 Å². The van der Waals surface area contributed by atoms with Crippen molar-refractivity contribution in [1.29, 1.82) is 0 Å². The largest absolute Gasteiger partial charge is 0.469 e. The summed E-state index contributed by atoms with van der Waals surface area (Å²) in [7, 11) is 1.23. The summed E-state index contributed by atoms with van der Waals surface area (Å²) in [5.41, 5.74) is -1.25. The van der Waals surface area contributed by atoms with Crippen molar-refractivity contribution in [3.05, 3.63) is 44.0 Å². The van der Waals surface area contributed by atoms with Crippen LogP contribution in [-0.2, 0) is 9.53 Å². The fourth-order valence-corrected chi connectivity index (χ4v) is 2.17. The van der Waals surface area contributed by atoms with E-state index in [9.17, 15) is 29.8 Å². The van der Waals surface area contributed by atoms with Crippen LogP contribution < -0.4 is 0 Å². The van der Waals surface area contributed by atoms with E-state index in [0.29, 0.717) is 13.0 Å². The molecule has 0 spiro atoms. The molecule has 0 aromatic heterocycles. The lowest BCUT2D eigenvalue weighted by atomic mass is 10.1. The Morgan fingerprint density at radius 2 is 1.62 bits per heavy atom. The van der Waals surface area contributed by atoms with Crippen LogP contribution in [0.1, 0.15) is 37.0 Å². The summed E-state index contributed by atoms with van der Waals surface area (Å²) in [4.78, 5) is 45.8. The Bertz CT molecular complexity index is 671. The lowest BCUT2D eigenvalue weighted by Crippen LogP contribution is -2.34. The molecule has 142 valence electrons. The van der Waals surface area contributed by atoms with Crippen LogP contribution in [0.5, 0.6) is 0 Å². The standard InChI is InChI=1S/C16H21N3O7/c1-11(2)4-6-17(7-5-15(20)26-3)16(21)12-8-13(18(22)23)10-14(9-12)19(24)25/h8-11H,4-7H2,1-3H3. The molecule has 0 atom stereocenters. The number of hydrogen-bond donors (Lipinski definition) is 0. The van der Waals surface area contributed by atoms with Crippen molar-refractivity contribution >= 4 is 23.3 Å². The monoisotopic (exact) mass is 367 g/mol. The average molecular weight is 367 g/mol. The fourth-order valence-electron chi connectivity index (χ4n) is 2.17. The highest BCUT2D eigenvalue weighted by molar-refractivity contribution is 5.95. The molecule has 0 saturated heterocycles. The summed E-state index contributed by atoms with van der Waals surface area (Å²) in [5, 5.41) is 22.0. The SMILES string of the molecule is COC(=O)CCN(CCC(C)C)C(=O)c1cc([N+](=O)[O-])cc([N+](=O)[O-])c1. The molecule has 10 heteroatoms. The molecular weight excluding hydrogens is 346 g/mol. The molecule has 0 radical (unpaired) electrons. The number of hydrogen-bond acceptors (Lipinski definition) is 7. The zero-order valence-corrected chi connectivity index (χ0v) is 14.8. The Balaban J connectivity index is 3.16. The lowest BCUT2D eigenvalue weighted by Gasteiger charge is -2.23. The summed E-state index contributed by atoms with van der Waals surface area (Å²) in [6, 6.07) is 2.79. The molecule has 26 heavy (non-hydrogen) atoms. The molecule has 0 aliphatic heterocycles. The van der Waals surface area contributed by atoms with E-state index >= 15 is 0 Å². The Hall–Kier alpha value is -3.04. The third-order valence-corrected chi connectivity index (χ3v) is 3.65. The summed E-state index contributed by atoms with van der Waals surface area (Å²) < 4.78 is 4.56. The fraction of sp³-hybridized carbons (Fsp3) is 0.500. The number of carbonyl (C=O) groups is 2. The number of nitro groups is 2. The quantitative estimate of drug-likeness (QED) is 0.372. The van der Waals surface area contributed by atoms with Gasteiger partial charge in [-0.05, 0) is 12.3 Å². The van der Waals surface area contributed by atoms with Crippen molar-refractivity contribution in [2.24, 2.45) is 5.92 Å². The predicted molar refractivity (Wildman–Crippen MR) is 91.7 cm³/mol. The summed E-state index contributed by atoms with van der Waals surface area (Å²) >= 11 is 0. The van der Waals surface area contributed by atoms with Crippen LogP contribution in [0.15, 0.2) is 18.2 Å². The van der Waals surface area contributed by atoms with Crippen LogP contribution >= 0.6 is 0 Å². The van der Waals surface area contributed by atoms with E-state index < -0.39 is 33.1 Å². The van der Waals surface area contributed by atoms with Crippen molar-refractivity contribution in [1.82, 2.24) is 4.90 Å². The van der Waals surface area contributed by atoms with E-state index in [1.807, 2.05) is 13.8 Å². The van der Waals surface area contributed by atoms with E-state index in [-0.39, 0.29) is 24.4 Å². The highest BCUT2D eigenvalue weighted by Gasteiger charge is 2.24. The summed E-state index contributed by atoms with van der Waals surface area (Å²) in [6.07, 6.45) is 0.599. The predicted octanol–water partition coefficient (Wildman–Crippen LogP) is 2.55. The Morgan fingerprint density at radius 3 is 2.04 bits per heavy atom. The zero-order chi connectivity index (χ0) is 19.9. The third-order valence-electron chi connectivity index (χ3n) is 3.65. The van der Waals surface area contributed by atoms with Gasteiger partial charge >= 0.3 is 5.97 Å². The van der Waals surface area contributed by atoms with E-state index in [4.69, 9.17) is 0 Å². The topological polar surface area (TPSA) is 133 Å². The van der Waals surface area contributed by atoms with Crippen molar-refractivity contribution in [2.75, 3.05) is 20.2 Å². The first kappa shape index (κ1) is 21.0. The van der Waals surface area contributed by atoms with Crippen molar-refractivity contribution in [3.63, 3.8) is 0 Å². The molecule has 0 heterocycles. The Labute approximate surface area is 150 Å². The van der Waals surface area contributed by atoms with E-state index in [0.717, 1.165) is 18.2 Å². The van der Waals surface area contributed by atoms with Gasteiger partial charge in [0.2, 0.25) is 0 Å². The van der Waals surface area contributed by atoms with Gasteiger partial charge in [-0.15, -0.1) is 0 Å². The maximum Gasteiger partial charge on any atom is 0.307 e. The number of amides is 1. The van der Waals surface area contributed by atoms with Gasteiger partial charge in [0.15, 0.2) is 0 Å². The molecule has 1 rings (SSSR count). The van der Waals surface area contributed by atoms with Crippen molar-refractivity contribution < 1.29 is 24.2 Å². The highest BCUT2D eigenvalue weighted by atomic mass is 16.6. The number of methoxy groups -OCH3 is 1. The van der Waals surface area contributed by atoms with Gasteiger partial charge in [-0.3, -0.25) is 29.8 Å². The van der Waals surface area contributed by atoms with Gasteiger partial charge in [-0.1, -0.05) is 13.8 Å². The van der Waals surface area contributed by atoms with Crippen LogP contribution in [0, 0.1) is 26.1 Å². The molecule has 0 aliphatic rings. The molecule has 0 bridgehead atoms. The minimum Gasteiger partial charge on any atom is -0.469 e. The van der Waals surface area contributed by atoms with E-state index in [2.05, 4.69) is 4.74 Å². The molecule has 1 aromatic carbocycles. The highest BCUT2D eigenvalue weighted by Crippen LogP contribution is 2.24. The number of carbonyl (C=O) groups excluding carboxylic acids is 2. The van der Waals surface area contributed by atoms with Gasteiger partial charge in [0.25, 0.3) is 17.3 Å². The van der Waals surface area contributed by atoms with Gasteiger partial charge < -0.3 is 9.64 Å². The smallest absolute Gasteiger partial charge is 0.307 e. The van der Waals surface area contributed by atoms with Crippen LogP contribution in [-0.4, -0.2) is 46.8 Å². The second-order valence-corrected chi connectivity index (χ2v) is 6.05. The molecule has 1 amide bonds. The molecule has 0 aliphatic carbocycles. The minimum atomic E-state index is -0.795. The molecule has 1 aromatic rings. The first-order valence-corrected chi connectivity index (χ1v) is 7.95. The second kappa shape index (κ2) is 9.44. The summed E-state index contributed by atoms with van der Waals surface area (Å²) in [5.74, 6) is -0.832. The van der Waals surface area contributed by atoms with Crippen LogP contribution in [0.25, 0.3) is 0 Å². The number of rotatable bonds is 9. The maximum atomic E-state index is 12.7. The molecule has 10 nitrogen and oxygen atoms in total. The van der Waals surface area contributed by atoms with Gasteiger partial charge in [0, 0.05) is 25.2 Å². The normalized spacial score (nSPS) is 10.5. The van der Waals surface area contributed by atoms with Gasteiger partial charge in [-0.25, -0.2) is 0 Å². The minimum absolute atomic E-state index is 0.0443. The Morgan fingerprint density at radius 1 is 1.08 bits per heavy atom. The van der Waals surface area contributed by atoms with Crippen LogP contribution in [0.3, 0.4) is 0 Å². The zero-order valence-electron chi connectivity index (χ0n) is 14.8. The van der Waals surface area contributed by atoms with E-state index in [1.165, 1.54) is 12.0 Å². The second-order valence-electron chi connectivity index (χ2n) is 6.05. The Kier molecular flexibility index (Phi) is 7.63. The maximum absolute atomic E-state index is 12.7. The number of esters is 1. The summed E-state index contributed by atoms with van der Waals surface area (Å²) in [6.45, 7) is 4.28. The lowest BCUT2D eigenvalue weighted by molar-refractivity contribution is -0.394. The molecule has 0 fully saturated rings. The van der Waals surface area contributed by atoms with Crippen LogP contribution in [0.4, 0.5) is 11.4 Å². The number of non-ortho nitro benzene ring substituents is 2. The molecule has 0 N–H and O–H groups in total. The molecular formula is C16H21N3O7.